The molecule has 0 unspecified atom stereocenters. The lowest BCUT2D eigenvalue weighted by molar-refractivity contribution is 0.147. The number of rotatable bonds is 3. The average Bonchev–Trinajstić information content (AvgIpc) is 2.35. The molecule has 2 rings (SSSR count). The molecule has 0 saturated carbocycles. The highest BCUT2D eigenvalue weighted by Crippen LogP contribution is 2.34. The predicted octanol–water partition coefficient (Wildman–Crippen LogP) is 3.75. The van der Waals surface area contributed by atoms with Gasteiger partial charge in [0.15, 0.2) is 0 Å². The number of piperazine rings is 1. The van der Waals surface area contributed by atoms with E-state index in [0.29, 0.717) is 15.6 Å². The zero-order chi connectivity index (χ0) is 12.3. The quantitative estimate of drug-likeness (QED) is 0.893. The van der Waals surface area contributed by atoms with Crippen molar-refractivity contribution >= 4 is 48.0 Å². The molecule has 0 spiro atoms. The Kier molecular flexibility index (Phi) is 9.33. The minimum Gasteiger partial charge on any atom is -0.314 e. The first-order valence-electron chi connectivity index (χ1n) is 5.68. The SMILES string of the molecule is Cl.Cl.FC[C@H](c1c(Cl)cccc1Cl)N1CCNCC1. The van der Waals surface area contributed by atoms with Crippen LogP contribution in [0.5, 0.6) is 0 Å². The summed E-state index contributed by atoms with van der Waals surface area (Å²) in [6.07, 6.45) is 0. The summed E-state index contributed by atoms with van der Waals surface area (Å²) in [7, 11) is 0. The Morgan fingerprint density at radius 2 is 1.68 bits per heavy atom. The maximum absolute atomic E-state index is 13.3. The minimum absolute atomic E-state index is 0. The van der Waals surface area contributed by atoms with Crippen LogP contribution in [-0.2, 0) is 0 Å². The maximum atomic E-state index is 13.3. The van der Waals surface area contributed by atoms with E-state index in [9.17, 15) is 4.39 Å². The van der Waals surface area contributed by atoms with Crippen LogP contribution in [0.25, 0.3) is 0 Å². The van der Waals surface area contributed by atoms with Crippen LogP contribution in [0.3, 0.4) is 0 Å². The minimum atomic E-state index is -0.469. The smallest absolute Gasteiger partial charge is 0.109 e. The Labute approximate surface area is 135 Å². The Bertz CT molecular complexity index is 366. The van der Waals surface area contributed by atoms with Gasteiger partial charge in [-0.3, -0.25) is 4.90 Å². The Hall–Kier alpha value is 0.230. The third-order valence-corrected chi connectivity index (χ3v) is 3.73. The molecular formula is C12H17Cl4FN2. The summed E-state index contributed by atoms with van der Waals surface area (Å²) >= 11 is 12.3. The van der Waals surface area contributed by atoms with Gasteiger partial charge in [0.2, 0.25) is 0 Å². The van der Waals surface area contributed by atoms with Crippen molar-refractivity contribution < 1.29 is 4.39 Å². The second-order valence-corrected chi connectivity index (χ2v) is 4.91. The summed E-state index contributed by atoms with van der Waals surface area (Å²) in [6.45, 7) is 2.91. The average molecular weight is 350 g/mol. The van der Waals surface area contributed by atoms with Crippen molar-refractivity contribution in [2.45, 2.75) is 6.04 Å². The second kappa shape index (κ2) is 9.22. The largest absolute Gasteiger partial charge is 0.314 e. The standard InChI is InChI=1S/C12H15Cl2FN2.2ClH/c13-9-2-1-3-10(14)12(9)11(8-15)17-6-4-16-5-7-17;;/h1-3,11,16H,4-8H2;2*1H/t11-;;/m1../s1. The van der Waals surface area contributed by atoms with Gasteiger partial charge in [-0.05, 0) is 12.1 Å². The fourth-order valence-corrected chi connectivity index (χ4v) is 2.83. The molecule has 0 amide bonds. The van der Waals surface area contributed by atoms with Gasteiger partial charge in [0.1, 0.15) is 6.67 Å². The lowest BCUT2D eigenvalue weighted by Crippen LogP contribution is -2.45. The van der Waals surface area contributed by atoms with Gasteiger partial charge >= 0.3 is 0 Å². The van der Waals surface area contributed by atoms with Gasteiger partial charge in [0.05, 0.1) is 6.04 Å². The molecular weight excluding hydrogens is 333 g/mol. The van der Waals surface area contributed by atoms with Crippen molar-refractivity contribution in [3.8, 4) is 0 Å². The first-order valence-corrected chi connectivity index (χ1v) is 6.44. The van der Waals surface area contributed by atoms with Crippen molar-refractivity contribution in [2.24, 2.45) is 0 Å². The number of alkyl halides is 1. The van der Waals surface area contributed by atoms with Crippen LogP contribution in [0.2, 0.25) is 10.0 Å². The Morgan fingerprint density at radius 3 is 2.16 bits per heavy atom. The van der Waals surface area contributed by atoms with Gasteiger partial charge in [0, 0.05) is 41.8 Å². The molecule has 0 radical (unpaired) electrons. The molecule has 110 valence electrons. The van der Waals surface area contributed by atoms with Crippen molar-refractivity contribution in [1.82, 2.24) is 10.2 Å². The van der Waals surface area contributed by atoms with E-state index >= 15 is 0 Å². The molecule has 1 atom stereocenters. The van der Waals surface area contributed by atoms with Crippen LogP contribution < -0.4 is 5.32 Å². The van der Waals surface area contributed by atoms with Crippen LogP contribution >= 0.6 is 48.0 Å². The van der Waals surface area contributed by atoms with Crippen molar-refractivity contribution in [3.05, 3.63) is 33.8 Å². The van der Waals surface area contributed by atoms with Crippen molar-refractivity contribution in [1.29, 1.82) is 0 Å². The molecule has 1 N–H and O–H groups in total. The number of hydrogen-bond acceptors (Lipinski definition) is 2. The van der Waals surface area contributed by atoms with Crippen molar-refractivity contribution in [3.63, 3.8) is 0 Å². The van der Waals surface area contributed by atoms with Crippen LogP contribution in [0, 0.1) is 0 Å². The van der Waals surface area contributed by atoms with Crippen LogP contribution in [0.4, 0.5) is 4.39 Å². The third-order valence-electron chi connectivity index (χ3n) is 3.07. The summed E-state index contributed by atoms with van der Waals surface area (Å²) in [5, 5.41) is 4.33. The normalized spacial score (nSPS) is 17.2. The monoisotopic (exact) mass is 348 g/mol. The first kappa shape index (κ1) is 19.2. The highest BCUT2D eigenvalue weighted by molar-refractivity contribution is 6.36. The molecule has 1 saturated heterocycles. The fraction of sp³-hybridized carbons (Fsp3) is 0.500. The Morgan fingerprint density at radius 1 is 1.16 bits per heavy atom. The lowest BCUT2D eigenvalue weighted by atomic mass is 10.1. The molecule has 1 aliphatic heterocycles. The second-order valence-electron chi connectivity index (χ2n) is 4.09. The molecule has 1 aromatic carbocycles. The number of hydrogen-bond donors (Lipinski definition) is 1. The number of halogens is 5. The molecule has 7 heteroatoms. The van der Waals surface area contributed by atoms with E-state index in [-0.39, 0.29) is 30.9 Å². The van der Waals surface area contributed by atoms with Gasteiger partial charge in [-0.15, -0.1) is 24.8 Å². The van der Waals surface area contributed by atoms with Crippen molar-refractivity contribution in [2.75, 3.05) is 32.9 Å². The summed E-state index contributed by atoms with van der Waals surface area (Å²) in [5.74, 6) is 0. The topological polar surface area (TPSA) is 15.3 Å². The molecule has 19 heavy (non-hydrogen) atoms. The predicted molar refractivity (Wildman–Crippen MR) is 84.1 cm³/mol. The fourth-order valence-electron chi connectivity index (χ4n) is 2.18. The number of benzene rings is 1. The van der Waals surface area contributed by atoms with E-state index in [0.717, 1.165) is 26.2 Å². The first-order chi connectivity index (χ1) is 8.24. The highest BCUT2D eigenvalue weighted by Gasteiger charge is 2.25. The van der Waals surface area contributed by atoms with Gasteiger partial charge < -0.3 is 5.32 Å². The van der Waals surface area contributed by atoms with E-state index in [2.05, 4.69) is 10.2 Å². The highest BCUT2D eigenvalue weighted by atomic mass is 35.5. The summed E-state index contributed by atoms with van der Waals surface area (Å²) < 4.78 is 13.3. The Balaban J connectivity index is 0.00000162. The van der Waals surface area contributed by atoms with E-state index in [1.165, 1.54) is 0 Å². The molecule has 0 bridgehead atoms. The summed E-state index contributed by atoms with van der Waals surface area (Å²) in [4.78, 5) is 2.09. The third kappa shape index (κ3) is 4.62. The molecule has 2 nitrogen and oxygen atoms in total. The van der Waals surface area contributed by atoms with Gasteiger partial charge in [-0.2, -0.15) is 0 Å². The van der Waals surface area contributed by atoms with Crippen LogP contribution in [-0.4, -0.2) is 37.8 Å². The van der Waals surface area contributed by atoms with Crippen LogP contribution in [0.1, 0.15) is 11.6 Å². The molecule has 1 aromatic rings. The van der Waals surface area contributed by atoms with E-state index in [1.54, 1.807) is 18.2 Å². The zero-order valence-corrected chi connectivity index (χ0v) is 13.4. The molecule has 0 aliphatic carbocycles. The van der Waals surface area contributed by atoms with E-state index < -0.39 is 6.67 Å². The summed E-state index contributed by atoms with van der Waals surface area (Å²) in [5.41, 5.74) is 0.709. The van der Waals surface area contributed by atoms with Gasteiger partial charge in [0.25, 0.3) is 0 Å². The van der Waals surface area contributed by atoms with Gasteiger partial charge in [-0.1, -0.05) is 29.3 Å². The molecule has 1 heterocycles. The van der Waals surface area contributed by atoms with E-state index in [4.69, 9.17) is 23.2 Å². The number of nitrogens with zero attached hydrogens (tertiary/aromatic N) is 1. The molecule has 1 aliphatic rings. The zero-order valence-electron chi connectivity index (χ0n) is 10.2. The number of nitrogens with one attached hydrogen (secondary N) is 1. The van der Waals surface area contributed by atoms with E-state index in [1.807, 2.05) is 0 Å². The maximum Gasteiger partial charge on any atom is 0.109 e. The molecule has 1 fully saturated rings. The lowest BCUT2D eigenvalue weighted by Gasteiger charge is -2.34. The van der Waals surface area contributed by atoms with Gasteiger partial charge in [-0.25, -0.2) is 4.39 Å². The summed E-state index contributed by atoms with van der Waals surface area (Å²) in [6, 6.07) is 4.96. The molecule has 0 aromatic heterocycles. The van der Waals surface area contributed by atoms with Crippen LogP contribution in [0.15, 0.2) is 18.2 Å².